The molecule has 21 heavy (non-hydrogen) atoms. The first kappa shape index (κ1) is 15.9. The highest BCUT2D eigenvalue weighted by Crippen LogP contribution is 2.32. The van der Waals surface area contributed by atoms with Crippen LogP contribution in [0.1, 0.15) is 45.3 Å². The molecule has 0 radical (unpaired) electrons. The van der Waals surface area contributed by atoms with Crippen LogP contribution < -0.4 is 5.32 Å². The number of hydrogen-bond donors (Lipinski definition) is 2. The molecule has 0 saturated carbocycles. The summed E-state index contributed by atoms with van der Waals surface area (Å²) in [5, 5.41) is 12.5. The number of aliphatic carboxylic acids is 1. The van der Waals surface area contributed by atoms with Crippen molar-refractivity contribution in [2.24, 2.45) is 0 Å². The fraction of sp³-hybridized carbons (Fsp3) is 0.643. The van der Waals surface area contributed by atoms with Gasteiger partial charge in [-0.05, 0) is 6.42 Å². The third kappa shape index (κ3) is 3.78. The number of nitrogens with zero attached hydrogens (tertiary/aromatic N) is 2. The van der Waals surface area contributed by atoms with E-state index >= 15 is 0 Å². The van der Waals surface area contributed by atoms with Crippen LogP contribution in [0, 0.1) is 0 Å². The zero-order valence-electron chi connectivity index (χ0n) is 12.5. The van der Waals surface area contributed by atoms with E-state index in [2.05, 4.69) is 35.6 Å². The van der Waals surface area contributed by atoms with Gasteiger partial charge in [0.2, 0.25) is 5.91 Å². The molecule has 2 N–H and O–H groups in total. The van der Waals surface area contributed by atoms with Gasteiger partial charge in [0.1, 0.15) is 0 Å². The van der Waals surface area contributed by atoms with Crippen molar-refractivity contribution in [1.82, 2.24) is 14.9 Å². The molecule has 0 aromatic carbocycles. The predicted molar refractivity (Wildman–Crippen MR) is 80.6 cm³/mol. The van der Waals surface area contributed by atoms with E-state index < -0.39 is 5.97 Å². The third-order valence-corrected chi connectivity index (χ3v) is 4.41. The second-order valence-electron chi connectivity index (χ2n) is 6.23. The summed E-state index contributed by atoms with van der Waals surface area (Å²) in [5.74, 6) is -0.799. The van der Waals surface area contributed by atoms with Crippen LogP contribution in [0.2, 0.25) is 0 Å². The summed E-state index contributed by atoms with van der Waals surface area (Å²) in [7, 11) is 0. The Balaban J connectivity index is 2.31. The number of nitrogens with one attached hydrogen (secondary N) is 1. The van der Waals surface area contributed by atoms with E-state index in [4.69, 9.17) is 5.11 Å². The summed E-state index contributed by atoms with van der Waals surface area (Å²) in [6.45, 7) is 6.88. The van der Waals surface area contributed by atoms with Gasteiger partial charge in [0.05, 0.1) is 11.8 Å². The fourth-order valence-corrected chi connectivity index (χ4v) is 3.19. The first-order valence-corrected chi connectivity index (χ1v) is 7.96. The average Bonchev–Trinajstić information content (AvgIpc) is 2.81. The number of amides is 1. The molecule has 1 fully saturated rings. The number of thioether (sulfide) groups is 1. The number of rotatable bonds is 4. The van der Waals surface area contributed by atoms with E-state index in [0.717, 1.165) is 12.1 Å². The summed E-state index contributed by atoms with van der Waals surface area (Å²) in [6, 6.07) is 0.135. The number of piperidine rings is 1. The predicted octanol–water partition coefficient (Wildman–Crippen LogP) is 1.81. The van der Waals surface area contributed by atoms with Gasteiger partial charge in [0, 0.05) is 30.3 Å². The molecule has 1 aromatic heterocycles. The molecule has 7 heteroatoms. The Kier molecular flexibility index (Phi) is 4.61. The molecule has 1 atom stereocenters. The van der Waals surface area contributed by atoms with Crippen molar-refractivity contribution in [2.45, 2.75) is 50.2 Å². The number of imidazole rings is 1. The highest BCUT2D eigenvalue weighted by atomic mass is 32.2. The molecule has 1 aliphatic heterocycles. The van der Waals surface area contributed by atoms with Gasteiger partial charge in [-0.25, -0.2) is 4.98 Å². The Bertz CT molecular complexity index is 538. The van der Waals surface area contributed by atoms with Crippen LogP contribution in [-0.4, -0.2) is 38.8 Å². The van der Waals surface area contributed by atoms with Gasteiger partial charge in [-0.15, -0.1) is 0 Å². The lowest BCUT2D eigenvalue weighted by Crippen LogP contribution is -2.37. The van der Waals surface area contributed by atoms with Crippen molar-refractivity contribution >= 4 is 23.6 Å². The van der Waals surface area contributed by atoms with E-state index in [1.807, 2.05) is 6.20 Å². The van der Waals surface area contributed by atoms with Crippen molar-refractivity contribution in [1.29, 1.82) is 0 Å². The summed E-state index contributed by atoms with van der Waals surface area (Å²) in [6.07, 6.45) is 3.07. The molecule has 1 saturated heterocycles. The van der Waals surface area contributed by atoms with Crippen molar-refractivity contribution in [3.8, 4) is 0 Å². The van der Waals surface area contributed by atoms with Crippen molar-refractivity contribution in [2.75, 3.05) is 12.3 Å². The van der Waals surface area contributed by atoms with Crippen LogP contribution in [0.3, 0.4) is 0 Å². The van der Waals surface area contributed by atoms with Gasteiger partial charge in [-0.1, -0.05) is 32.5 Å². The molecule has 0 aliphatic carbocycles. The summed E-state index contributed by atoms with van der Waals surface area (Å²) in [4.78, 5) is 26.5. The van der Waals surface area contributed by atoms with Gasteiger partial charge < -0.3 is 15.0 Å². The molecule has 0 bridgehead atoms. The highest BCUT2D eigenvalue weighted by molar-refractivity contribution is 7.99. The van der Waals surface area contributed by atoms with Crippen LogP contribution in [0.25, 0.3) is 0 Å². The molecule has 1 aliphatic rings. The number of carbonyl (C=O) groups is 2. The minimum absolute atomic E-state index is 0.0142. The van der Waals surface area contributed by atoms with E-state index in [1.165, 1.54) is 11.8 Å². The maximum absolute atomic E-state index is 11.3. The summed E-state index contributed by atoms with van der Waals surface area (Å²) < 4.78 is 2.10. The van der Waals surface area contributed by atoms with Gasteiger partial charge in [0.15, 0.2) is 5.16 Å². The molecule has 1 amide bonds. The van der Waals surface area contributed by atoms with Crippen molar-refractivity contribution in [3.63, 3.8) is 0 Å². The molecule has 1 unspecified atom stereocenters. The quantitative estimate of drug-likeness (QED) is 0.829. The molecule has 1 aromatic rings. The van der Waals surface area contributed by atoms with Crippen molar-refractivity contribution < 1.29 is 14.7 Å². The lowest BCUT2D eigenvalue weighted by molar-refractivity contribution is -0.134. The Labute approximate surface area is 128 Å². The second-order valence-corrected chi connectivity index (χ2v) is 7.17. The molecule has 116 valence electrons. The van der Waals surface area contributed by atoms with Gasteiger partial charge >= 0.3 is 5.97 Å². The number of hydrogen-bond acceptors (Lipinski definition) is 4. The average molecular weight is 311 g/mol. The maximum atomic E-state index is 11.3. The normalized spacial score (nSPS) is 19.4. The van der Waals surface area contributed by atoms with E-state index in [-0.39, 0.29) is 23.1 Å². The highest BCUT2D eigenvalue weighted by Gasteiger charge is 2.29. The zero-order valence-corrected chi connectivity index (χ0v) is 13.4. The topological polar surface area (TPSA) is 84.2 Å². The first-order valence-electron chi connectivity index (χ1n) is 6.98. The lowest BCUT2D eigenvalue weighted by atomic mass is 9.91. The van der Waals surface area contributed by atoms with Crippen LogP contribution in [0.4, 0.5) is 0 Å². The Morgan fingerprint density at radius 3 is 2.81 bits per heavy atom. The molecular formula is C14H21N3O3S. The van der Waals surface area contributed by atoms with Crippen LogP contribution in [-0.2, 0) is 15.0 Å². The number of carboxylic acids is 1. The second kappa shape index (κ2) is 6.09. The Morgan fingerprint density at radius 1 is 1.57 bits per heavy atom. The van der Waals surface area contributed by atoms with Gasteiger partial charge in [-0.3, -0.25) is 9.59 Å². The van der Waals surface area contributed by atoms with Gasteiger partial charge in [-0.2, -0.15) is 0 Å². The standard InChI is InChI=1S/C14H21N3O3S/c1-14(2,3)10-7-16-13(21-8-12(19)20)17(10)9-4-5-11(18)15-6-9/h7,9H,4-6,8H2,1-3H3,(H,15,18)(H,19,20). The molecule has 2 heterocycles. The van der Waals surface area contributed by atoms with E-state index in [0.29, 0.717) is 18.1 Å². The minimum atomic E-state index is -0.858. The number of aromatic nitrogens is 2. The number of carbonyl (C=O) groups excluding carboxylic acids is 1. The van der Waals surface area contributed by atoms with E-state index in [9.17, 15) is 9.59 Å². The third-order valence-electron chi connectivity index (χ3n) is 3.46. The van der Waals surface area contributed by atoms with Crippen LogP contribution in [0.5, 0.6) is 0 Å². The summed E-state index contributed by atoms with van der Waals surface area (Å²) >= 11 is 1.23. The molecular weight excluding hydrogens is 290 g/mol. The summed E-state index contributed by atoms with van der Waals surface area (Å²) in [5.41, 5.74) is 0.979. The minimum Gasteiger partial charge on any atom is -0.481 e. The molecule has 6 nitrogen and oxygen atoms in total. The first-order chi connectivity index (χ1) is 9.79. The van der Waals surface area contributed by atoms with Crippen molar-refractivity contribution in [3.05, 3.63) is 11.9 Å². The van der Waals surface area contributed by atoms with E-state index in [1.54, 1.807) is 0 Å². The Hall–Kier alpha value is -1.50. The lowest BCUT2D eigenvalue weighted by Gasteiger charge is -2.30. The van der Waals surface area contributed by atoms with Gasteiger partial charge in [0.25, 0.3) is 0 Å². The number of carboxylic acid groups (broad SMARTS) is 1. The smallest absolute Gasteiger partial charge is 0.313 e. The fourth-order valence-electron chi connectivity index (χ4n) is 2.42. The largest absolute Gasteiger partial charge is 0.481 e. The maximum Gasteiger partial charge on any atom is 0.313 e. The molecule has 2 rings (SSSR count). The Morgan fingerprint density at radius 2 is 2.29 bits per heavy atom. The molecule has 0 spiro atoms. The monoisotopic (exact) mass is 311 g/mol. The SMILES string of the molecule is CC(C)(C)c1cnc(SCC(=O)O)n1C1CCC(=O)NC1. The zero-order chi connectivity index (χ0) is 15.6. The van der Waals surface area contributed by atoms with Crippen LogP contribution in [0.15, 0.2) is 11.4 Å². The van der Waals surface area contributed by atoms with Crippen LogP contribution >= 0.6 is 11.8 Å².